The fourth-order valence-electron chi connectivity index (χ4n) is 1.39. The van der Waals surface area contributed by atoms with Gasteiger partial charge in [-0.1, -0.05) is 39.1 Å². The average Bonchev–Trinajstić information content (AvgIpc) is 2.73. The van der Waals surface area contributed by atoms with Crippen LogP contribution in [0.5, 0.6) is 5.75 Å². The Morgan fingerprint density at radius 3 is 2.78 bits per heavy atom. The molecule has 96 valence electrons. The number of aryl methyl sites for hydroxylation is 1. The van der Waals surface area contributed by atoms with Crippen LogP contribution in [0.3, 0.4) is 0 Å². The molecular weight excluding hydrogens is 343 g/mol. The molecule has 0 saturated carbocycles. The summed E-state index contributed by atoms with van der Waals surface area (Å²) in [6.45, 7) is 0.204. The number of aromatic nitrogens is 4. The highest BCUT2D eigenvalue weighted by molar-refractivity contribution is 9.08. The van der Waals surface area contributed by atoms with Crippen molar-refractivity contribution in [2.45, 2.75) is 11.9 Å². The molecule has 18 heavy (non-hydrogen) atoms. The van der Waals surface area contributed by atoms with E-state index in [9.17, 15) is 0 Å². The first-order valence-corrected chi connectivity index (χ1v) is 6.87. The zero-order chi connectivity index (χ0) is 13.1. The Labute approximate surface area is 122 Å². The van der Waals surface area contributed by atoms with Gasteiger partial charge in [0, 0.05) is 15.9 Å². The van der Waals surface area contributed by atoms with Crippen LogP contribution in [0, 0.1) is 0 Å². The fraction of sp³-hybridized carbons (Fsp3) is 0.300. The van der Waals surface area contributed by atoms with Crippen LogP contribution >= 0.6 is 39.1 Å². The molecule has 2 rings (SSSR count). The second-order valence-corrected chi connectivity index (χ2v) is 4.90. The van der Waals surface area contributed by atoms with E-state index in [1.807, 2.05) is 0 Å². The van der Waals surface area contributed by atoms with E-state index >= 15 is 0 Å². The Bertz CT molecular complexity index is 561. The van der Waals surface area contributed by atoms with Crippen LogP contribution in [0.15, 0.2) is 12.1 Å². The van der Waals surface area contributed by atoms with Crippen LogP contribution in [0.1, 0.15) is 11.4 Å². The molecule has 0 aliphatic rings. The van der Waals surface area contributed by atoms with Gasteiger partial charge in [0.15, 0.2) is 6.61 Å². The van der Waals surface area contributed by atoms with Gasteiger partial charge in [-0.25, -0.2) is 0 Å². The number of hydrogen-bond donors (Lipinski definition) is 0. The van der Waals surface area contributed by atoms with E-state index < -0.39 is 0 Å². The molecule has 0 N–H and O–H groups in total. The van der Waals surface area contributed by atoms with E-state index in [4.69, 9.17) is 27.9 Å². The zero-order valence-corrected chi connectivity index (χ0v) is 12.5. The lowest BCUT2D eigenvalue weighted by atomic mass is 10.2. The number of benzene rings is 1. The third-order valence-electron chi connectivity index (χ3n) is 2.12. The van der Waals surface area contributed by atoms with Gasteiger partial charge in [0.05, 0.1) is 12.1 Å². The van der Waals surface area contributed by atoms with E-state index in [-0.39, 0.29) is 6.61 Å². The largest absolute Gasteiger partial charge is 0.484 e. The molecule has 0 fully saturated rings. The maximum Gasteiger partial charge on any atom is 0.212 e. The number of hydrogen-bond acceptors (Lipinski definition) is 4. The van der Waals surface area contributed by atoms with Crippen LogP contribution in [0.25, 0.3) is 0 Å². The fourth-order valence-corrected chi connectivity index (χ4v) is 2.40. The summed E-state index contributed by atoms with van der Waals surface area (Å²) in [6, 6.07) is 3.43. The first kappa shape index (κ1) is 13.6. The van der Waals surface area contributed by atoms with E-state index in [1.54, 1.807) is 19.2 Å². The van der Waals surface area contributed by atoms with Gasteiger partial charge in [-0.2, -0.15) is 4.80 Å². The quantitative estimate of drug-likeness (QED) is 0.794. The van der Waals surface area contributed by atoms with E-state index in [0.717, 1.165) is 5.56 Å². The third kappa shape index (κ3) is 3.13. The highest BCUT2D eigenvalue weighted by atomic mass is 79.9. The average molecular weight is 352 g/mol. The smallest absolute Gasteiger partial charge is 0.212 e. The molecule has 0 bridgehead atoms. The van der Waals surface area contributed by atoms with E-state index in [2.05, 4.69) is 31.3 Å². The predicted octanol–water partition coefficient (Wildman–Crippen LogP) is 2.99. The normalized spacial score (nSPS) is 10.7. The predicted molar refractivity (Wildman–Crippen MR) is 72.2 cm³/mol. The summed E-state index contributed by atoms with van der Waals surface area (Å²) in [7, 11) is 1.69. The van der Waals surface area contributed by atoms with Crippen molar-refractivity contribution in [1.82, 2.24) is 20.2 Å². The molecule has 5 nitrogen and oxygen atoms in total. The minimum Gasteiger partial charge on any atom is -0.484 e. The molecular formula is C10H9BrCl2N4O. The molecule has 0 aliphatic carbocycles. The molecule has 1 aromatic heterocycles. The maximum absolute atomic E-state index is 6.09. The Kier molecular flexibility index (Phi) is 4.42. The molecule has 0 radical (unpaired) electrons. The van der Waals surface area contributed by atoms with Gasteiger partial charge < -0.3 is 4.74 Å². The summed E-state index contributed by atoms with van der Waals surface area (Å²) >= 11 is 15.4. The Balaban J connectivity index is 2.18. The Morgan fingerprint density at radius 2 is 2.17 bits per heavy atom. The van der Waals surface area contributed by atoms with Gasteiger partial charge in [-0.3, -0.25) is 0 Å². The van der Waals surface area contributed by atoms with Gasteiger partial charge in [-0.15, -0.1) is 10.2 Å². The summed E-state index contributed by atoms with van der Waals surface area (Å²) in [5, 5.41) is 13.2. The molecule has 2 aromatic rings. The molecule has 1 heterocycles. The zero-order valence-electron chi connectivity index (χ0n) is 9.40. The third-order valence-corrected chi connectivity index (χ3v) is 3.23. The van der Waals surface area contributed by atoms with Crippen molar-refractivity contribution in [3.05, 3.63) is 33.6 Å². The van der Waals surface area contributed by atoms with Crippen LogP contribution in [0.2, 0.25) is 10.0 Å². The van der Waals surface area contributed by atoms with Crippen molar-refractivity contribution in [3.63, 3.8) is 0 Å². The molecule has 1 aromatic carbocycles. The number of tetrazole rings is 1. The Morgan fingerprint density at radius 1 is 1.39 bits per heavy atom. The lowest BCUT2D eigenvalue weighted by Crippen LogP contribution is -2.01. The minimum absolute atomic E-state index is 0.204. The highest BCUT2D eigenvalue weighted by Crippen LogP contribution is 2.34. The SMILES string of the molecule is Cn1nnc(COc2c(Cl)cc(Cl)cc2CBr)n1. The number of rotatable bonds is 4. The number of halogens is 3. The molecule has 0 saturated heterocycles. The highest BCUT2D eigenvalue weighted by Gasteiger charge is 2.11. The number of ether oxygens (including phenoxy) is 1. The summed E-state index contributed by atoms with van der Waals surface area (Å²) in [5.74, 6) is 1.06. The molecule has 0 aliphatic heterocycles. The van der Waals surface area contributed by atoms with Crippen LogP contribution in [-0.2, 0) is 19.0 Å². The van der Waals surface area contributed by atoms with Gasteiger partial charge >= 0.3 is 0 Å². The number of alkyl halides is 1. The summed E-state index contributed by atoms with van der Waals surface area (Å²) in [5.41, 5.74) is 0.872. The topological polar surface area (TPSA) is 52.8 Å². The summed E-state index contributed by atoms with van der Waals surface area (Å²) in [6.07, 6.45) is 0. The van der Waals surface area contributed by atoms with Crippen molar-refractivity contribution in [1.29, 1.82) is 0 Å². The van der Waals surface area contributed by atoms with Gasteiger partial charge in [-0.05, 0) is 17.3 Å². The Hall–Kier alpha value is -0.850. The molecule has 0 spiro atoms. The van der Waals surface area contributed by atoms with Crippen LogP contribution in [0.4, 0.5) is 0 Å². The second-order valence-electron chi connectivity index (χ2n) is 3.49. The van der Waals surface area contributed by atoms with Gasteiger partial charge in [0.1, 0.15) is 5.75 Å². The maximum atomic E-state index is 6.09. The molecule has 0 unspecified atom stereocenters. The van der Waals surface area contributed by atoms with Gasteiger partial charge in [0.25, 0.3) is 0 Å². The van der Waals surface area contributed by atoms with Crippen molar-refractivity contribution in [2.24, 2.45) is 7.05 Å². The molecule has 0 amide bonds. The molecule has 8 heteroatoms. The van der Waals surface area contributed by atoms with E-state index in [0.29, 0.717) is 26.9 Å². The lowest BCUT2D eigenvalue weighted by molar-refractivity contribution is 0.293. The van der Waals surface area contributed by atoms with Crippen molar-refractivity contribution >= 4 is 39.1 Å². The summed E-state index contributed by atoms with van der Waals surface area (Å²) < 4.78 is 5.61. The van der Waals surface area contributed by atoms with Crippen LogP contribution in [-0.4, -0.2) is 20.2 Å². The van der Waals surface area contributed by atoms with E-state index in [1.165, 1.54) is 4.80 Å². The standard InChI is InChI=1S/C10H9BrCl2N4O/c1-17-15-9(14-16-17)5-18-10-6(4-11)2-7(12)3-8(10)13/h2-3H,4-5H2,1H3. The van der Waals surface area contributed by atoms with Gasteiger partial charge in [0.2, 0.25) is 5.82 Å². The first-order valence-electron chi connectivity index (χ1n) is 4.99. The minimum atomic E-state index is 0.204. The lowest BCUT2D eigenvalue weighted by Gasteiger charge is -2.10. The molecule has 0 atom stereocenters. The second kappa shape index (κ2) is 5.86. The summed E-state index contributed by atoms with van der Waals surface area (Å²) in [4.78, 5) is 1.37. The van der Waals surface area contributed by atoms with Crippen LogP contribution < -0.4 is 4.74 Å². The number of nitrogens with zero attached hydrogens (tertiary/aromatic N) is 4. The van der Waals surface area contributed by atoms with Crippen molar-refractivity contribution < 1.29 is 4.74 Å². The van der Waals surface area contributed by atoms with Crippen molar-refractivity contribution in [3.8, 4) is 5.75 Å². The first-order chi connectivity index (χ1) is 8.60. The van der Waals surface area contributed by atoms with Crippen molar-refractivity contribution in [2.75, 3.05) is 0 Å². The monoisotopic (exact) mass is 350 g/mol.